The van der Waals surface area contributed by atoms with E-state index in [9.17, 15) is 4.79 Å². The molecular formula is C13H24N2O2. The van der Waals surface area contributed by atoms with Crippen LogP contribution in [0, 0.1) is 0 Å². The molecule has 0 aliphatic carbocycles. The van der Waals surface area contributed by atoms with E-state index in [1.165, 1.54) is 12.8 Å². The Hall–Kier alpha value is -0.610. The highest BCUT2D eigenvalue weighted by molar-refractivity contribution is 5.82. The Balaban J connectivity index is 1.93. The van der Waals surface area contributed by atoms with E-state index in [-0.39, 0.29) is 24.2 Å². The molecule has 0 aromatic carbocycles. The van der Waals surface area contributed by atoms with Crippen molar-refractivity contribution in [2.75, 3.05) is 19.6 Å². The number of nitrogens with zero attached hydrogens (tertiary/aromatic N) is 1. The zero-order valence-corrected chi connectivity index (χ0v) is 10.9. The summed E-state index contributed by atoms with van der Waals surface area (Å²) in [6.45, 7) is 6.65. The maximum Gasteiger partial charge on any atom is 0.239 e. The first-order chi connectivity index (χ1) is 8.20. The zero-order valence-electron chi connectivity index (χ0n) is 10.9. The van der Waals surface area contributed by atoms with Crippen molar-refractivity contribution in [1.29, 1.82) is 0 Å². The second-order valence-corrected chi connectivity index (χ2v) is 5.22. The highest BCUT2D eigenvalue weighted by Gasteiger charge is 2.31. The molecule has 2 saturated heterocycles. The Morgan fingerprint density at radius 3 is 2.88 bits per heavy atom. The SMILES string of the molecule is CCC1CN(C(=O)C2CCCCN2)CC(C)O1. The van der Waals surface area contributed by atoms with Gasteiger partial charge in [0.25, 0.3) is 0 Å². The van der Waals surface area contributed by atoms with Crippen LogP contribution in [0.3, 0.4) is 0 Å². The molecule has 0 radical (unpaired) electrons. The summed E-state index contributed by atoms with van der Waals surface area (Å²) in [6, 6.07) is 0.0477. The number of carbonyl (C=O) groups is 1. The lowest BCUT2D eigenvalue weighted by molar-refractivity contribution is -0.147. The minimum atomic E-state index is 0.0477. The second-order valence-electron chi connectivity index (χ2n) is 5.22. The standard InChI is InChI=1S/C13H24N2O2/c1-3-11-9-15(8-10(2)17-11)13(16)12-6-4-5-7-14-12/h10-12,14H,3-9H2,1-2H3. The molecule has 1 amide bonds. The highest BCUT2D eigenvalue weighted by Crippen LogP contribution is 2.17. The van der Waals surface area contributed by atoms with Gasteiger partial charge in [0.15, 0.2) is 0 Å². The van der Waals surface area contributed by atoms with E-state index < -0.39 is 0 Å². The van der Waals surface area contributed by atoms with Crippen LogP contribution < -0.4 is 5.32 Å². The van der Waals surface area contributed by atoms with Crippen molar-refractivity contribution in [2.24, 2.45) is 0 Å². The van der Waals surface area contributed by atoms with Crippen molar-refractivity contribution in [3.8, 4) is 0 Å². The zero-order chi connectivity index (χ0) is 12.3. The van der Waals surface area contributed by atoms with Gasteiger partial charge in [0.1, 0.15) is 0 Å². The Labute approximate surface area is 104 Å². The normalized spacial score (nSPS) is 34.7. The monoisotopic (exact) mass is 240 g/mol. The first-order valence-corrected chi connectivity index (χ1v) is 6.88. The molecule has 0 aromatic heterocycles. The van der Waals surface area contributed by atoms with Crippen LogP contribution in [0.25, 0.3) is 0 Å². The molecule has 17 heavy (non-hydrogen) atoms. The van der Waals surface area contributed by atoms with E-state index in [1.54, 1.807) is 0 Å². The Kier molecular flexibility index (Phi) is 4.40. The van der Waals surface area contributed by atoms with Gasteiger partial charge < -0.3 is 15.0 Å². The molecule has 98 valence electrons. The Bertz CT molecular complexity index is 264. The quantitative estimate of drug-likeness (QED) is 0.787. The number of nitrogens with one attached hydrogen (secondary N) is 1. The molecule has 4 heteroatoms. The topological polar surface area (TPSA) is 41.6 Å². The van der Waals surface area contributed by atoms with Crippen LogP contribution in [0.1, 0.15) is 39.5 Å². The third-order valence-electron chi connectivity index (χ3n) is 3.70. The van der Waals surface area contributed by atoms with E-state index in [0.29, 0.717) is 0 Å². The van der Waals surface area contributed by atoms with Gasteiger partial charge in [-0.2, -0.15) is 0 Å². The third-order valence-corrected chi connectivity index (χ3v) is 3.70. The average Bonchev–Trinajstić information content (AvgIpc) is 2.38. The maximum atomic E-state index is 12.4. The predicted octanol–water partition coefficient (Wildman–Crippen LogP) is 1.15. The second kappa shape index (κ2) is 5.83. The van der Waals surface area contributed by atoms with Crippen molar-refractivity contribution in [2.45, 2.75) is 57.8 Å². The molecule has 0 saturated carbocycles. The number of hydrogen-bond donors (Lipinski definition) is 1. The van der Waals surface area contributed by atoms with E-state index >= 15 is 0 Å². The lowest BCUT2D eigenvalue weighted by atomic mass is 10.0. The molecule has 3 atom stereocenters. The molecule has 0 bridgehead atoms. The van der Waals surface area contributed by atoms with Gasteiger partial charge in [-0.1, -0.05) is 13.3 Å². The summed E-state index contributed by atoms with van der Waals surface area (Å²) >= 11 is 0. The van der Waals surface area contributed by atoms with Gasteiger partial charge in [0, 0.05) is 13.1 Å². The Morgan fingerprint density at radius 2 is 2.24 bits per heavy atom. The number of carbonyl (C=O) groups excluding carboxylic acids is 1. The molecule has 2 aliphatic heterocycles. The van der Waals surface area contributed by atoms with Crippen LogP contribution in [0.15, 0.2) is 0 Å². The van der Waals surface area contributed by atoms with Crippen LogP contribution in [-0.2, 0) is 9.53 Å². The summed E-state index contributed by atoms with van der Waals surface area (Å²) in [5.74, 6) is 0.276. The van der Waals surface area contributed by atoms with Crippen LogP contribution >= 0.6 is 0 Å². The van der Waals surface area contributed by atoms with E-state index in [4.69, 9.17) is 4.74 Å². The third kappa shape index (κ3) is 3.19. The largest absolute Gasteiger partial charge is 0.372 e. The summed E-state index contributed by atoms with van der Waals surface area (Å²) in [5, 5.41) is 3.33. The number of hydrogen-bond acceptors (Lipinski definition) is 3. The fourth-order valence-corrected chi connectivity index (χ4v) is 2.73. The molecule has 3 unspecified atom stereocenters. The lowest BCUT2D eigenvalue weighted by Crippen LogP contribution is -2.55. The summed E-state index contributed by atoms with van der Waals surface area (Å²) < 4.78 is 5.79. The number of piperidine rings is 1. The maximum absolute atomic E-state index is 12.4. The predicted molar refractivity (Wildman–Crippen MR) is 66.8 cm³/mol. The Morgan fingerprint density at radius 1 is 1.41 bits per heavy atom. The van der Waals surface area contributed by atoms with Crippen molar-refractivity contribution < 1.29 is 9.53 Å². The van der Waals surface area contributed by atoms with Crippen molar-refractivity contribution in [3.63, 3.8) is 0 Å². The fraction of sp³-hybridized carbons (Fsp3) is 0.923. The van der Waals surface area contributed by atoms with E-state index in [1.807, 2.05) is 4.90 Å². The minimum Gasteiger partial charge on any atom is -0.372 e. The summed E-state index contributed by atoms with van der Waals surface area (Å²) in [4.78, 5) is 14.4. The molecule has 0 spiro atoms. The van der Waals surface area contributed by atoms with Gasteiger partial charge in [0.05, 0.1) is 18.2 Å². The molecule has 2 heterocycles. The number of rotatable bonds is 2. The molecule has 2 rings (SSSR count). The number of morpholine rings is 1. The average molecular weight is 240 g/mol. The summed E-state index contributed by atoms with van der Waals surface area (Å²) in [5.41, 5.74) is 0. The van der Waals surface area contributed by atoms with Crippen molar-refractivity contribution in [3.05, 3.63) is 0 Å². The smallest absolute Gasteiger partial charge is 0.239 e. The highest BCUT2D eigenvalue weighted by atomic mass is 16.5. The first-order valence-electron chi connectivity index (χ1n) is 6.88. The first kappa shape index (κ1) is 12.8. The van der Waals surface area contributed by atoms with Gasteiger partial charge in [-0.05, 0) is 32.7 Å². The summed E-state index contributed by atoms with van der Waals surface area (Å²) in [7, 11) is 0. The minimum absolute atomic E-state index is 0.0477. The number of amides is 1. The molecule has 4 nitrogen and oxygen atoms in total. The van der Waals surface area contributed by atoms with Gasteiger partial charge in [-0.15, -0.1) is 0 Å². The molecule has 1 N–H and O–H groups in total. The van der Waals surface area contributed by atoms with Crippen LogP contribution in [0.5, 0.6) is 0 Å². The van der Waals surface area contributed by atoms with Gasteiger partial charge >= 0.3 is 0 Å². The van der Waals surface area contributed by atoms with E-state index in [2.05, 4.69) is 19.2 Å². The summed E-state index contributed by atoms with van der Waals surface area (Å²) in [6.07, 6.45) is 4.71. The number of ether oxygens (including phenoxy) is 1. The van der Waals surface area contributed by atoms with Gasteiger partial charge in [0.2, 0.25) is 5.91 Å². The van der Waals surface area contributed by atoms with Crippen molar-refractivity contribution in [1.82, 2.24) is 10.2 Å². The van der Waals surface area contributed by atoms with Gasteiger partial charge in [-0.25, -0.2) is 0 Å². The molecule has 0 aromatic rings. The fourth-order valence-electron chi connectivity index (χ4n) is 2.73. The van der Waals surface area contributed by atoms with Crippen LogP contribution in [0.2, 0.25) is 0 Å². The molecule has 2 fully saturated rings. The molecular weight excluding hydrogens is 216 g/mol. The van der Waals surface area contributed by atoms with Crippen LogP contribution in [0.4, 0.5) is 0 Å². The van der Waals surface area contributed by atoms with Gasteiger partial charge in [-0.3, -0.25) is 4.79 Å². The lowest BCUT2D eigenvalue weighted by Gasteiger charge is -2.38. The molecule has 2 aliphatic rings. The van der Waals surface area contributed by atoms with E-state index in [0.717, 1.165) is 32.5 Å². The van der Waals surface area contributed by atoms with Crippen LogP contribution in [-0.4, -0.2) is 48.7 Å². The van der Waals surface area contributed by atoms with Crippen molar-refractivity contribution >= 4 is 5.91 Å².